The number of alkyl halides is 3. The molecule has 0 saturated heterocycles. The quantitative estimate of drug-likeness (QED) is 0.280. The van der Waals surface area contributed by atoms with Crippen LogP contribution in [0.3, 0.4) is 0 Å². The number of rotatable bonds is 6. The van der Waals surface area contributed by atoms with Gasteiger partial charge >= 0.3 is 16.3 Å². The maximum atomic E-state index is 12.7. The van der Waals surface area contributed by atoms with E-state index in [4.69, 9.17) is 4.18 Å². The molecular weight excluding hydrogens is 459 g/mol. The molecule has 32 heavy (non-hydrogen) atoms. The fourth-order valence-corrected chi connectivity index (χ4v) is 5.19. The van der Waals surface area contributed by atoms with Crippen LogP contribution in [-0.2, 0) is 20.5 Å². The molecule has 4 nitrogen and oxygen atoms in total. The first-order chi connectivity index (χ1) is 15.0. The molecule has 0 fully saturated rings. The summed E-state index contributed by atoms with van der Waals surface area (Å²) in [7, 11) is -4.31. The van der Waals surface area contributed by atoms with Gasteiger partial charge in [-0.15, -0.1) is 11.8 Å². The minimum Gasteiger partial charge on any atom is -0.384 e. The lowest BCUT2D eigenvalue weighted by atomic mass is 10.0. The number of aryl methyl sites for hydroxylation is 1. The van der Waals surface area contributed by atoms with E-state index >= 15 is 0 Å². The molecule has 0 spiro atoms. The van der Waals surface area contributed by atoms with Gasteiger partial charge in [0.2, 0.25) is 0 Å². The van der Waals surface area contributed by atoms with Crippen molar-refractivity contribution in [1.82, 2.24) is 0 Å². The molecule has 0 aliphatic carbocycles. The molecule has 0 N–H and O–H groups in total. The van der Waals surface area contributed by atoms with Gasteiger partial charge in [-0.3, -0.25) is 0 Å². The van der Waals surface area contributed by atoms with Gasteiger partial charge in [-0.25, -0.2) is 0 Å². The Morgan fingerprint density at radius 1 is 1.19 bits per heavy atom. The van der Waals surface area contributed by atoms with Gasteiger partial charge < -0.3 is 4.18 Å². The van der Waals surface area contributed by atoms with Crippen molar-refractivity contribution in [2.24, 2.45) is 0 Å². The zero-order chi connectivity index (χ0) is 23.5. The summed E-state index contributed by atoms with van der Waals surface area (Å²) in [4.78, 5) is 0.360. The third-order valence-corrected chi connectivity index (χ3v) is 7.17. The molecule has 2 aromatic rings. The van der Waals surface area contributed by atoms with Crippen LogP contribution in [-0.4, -0.2) is 13.7 Å². The van der Waals surface area contributed by atoms with Crippen LogP contribution in [0, 0.1) is 18.3 Å². The van der Waals surface area contributed by atoms with Crippen LogP contribution in [0.15, 0.2) is 82.8 Å². The number of nitrogens with zero attached hydrogens (tertiary/aromatic N) is 1. The van der Waals surface area contributed by atoms with Gasteiger partial charge in [0.15, 0.2) is 0 Å². The number of thioether (sulfide) groups is 1. The lowest BCUT2D eigenvalue weighted by Gasteiger charge is -2.13. The molecule has 0 bridgehead atoms. The highest BCUT2D eigenvalue weighted by Crippen LogP contribution is 2.40. The lowest BCUT2D eigenvalue weighted by molar-refractivity contribution is -0.137. The molecule has 1 unspecified atom stereocenters. The van der Waals surface area contributed by atoms with E-state index in [1.807, 2.05) is 37.3 Å². The Labute approximate surface area is 188 Å². The van der Waals surface area contributed by atoms with E-state index in [1.165, 1.54) is 11.8 Å². The molecule has 166 valence electrons. The average molecular weight is 478 g/mol. The number of halogens is 3. The summed E-state index contributed by atoms with van der Waals surface area (Å²) >= 11 is 1.39. The summed E-state index contributed by atoms with van der Waals surface area (Å²) < 4.78 is 67.8. The Kier molecular flexibility index (Phi) is 6.86. The van der Waals surface area contributed by atoms with Crippen molar-refractivity contribution < 1.29 is 25.8 Å². The SMILES string of the molecule is C=C(CC1C=C/C(=C(/C#N)c2ccccc2C)S1)OS(=O)(=O)c1ccc(C(F)(F)F)cc1. The van der Waals surface area contributed by atoms with Crippen LogP contribution in [0.2, 0.25) is 0 Å². The van der Waals surface area contributed by atoms with E-state index in [0.29, 0.717) is 17.7 Å². The smallest absolute Gasteiger partial charge is 0.384 e. The van der Waals surface area contributed by atoms with Gasteiger partial charge in [-0.1, -0.05) is 43.0 Å². The average Bonchev–Trinajstić information content (AvgIpc) is 3.17. The van der Waals surface area contributed by atoms with Crippen LogP contribution in [0.5, 0.6) is 0 Å². The Morgan fingerprint density at radius 2 is 1.84 bits per heavy atom. The summed E-state index contributed by atoms with van der Waals surface area (Å²) in [6.07, 6.45) is -0.783. The van der Waals surface area contributed by atoms with Gasteiger partial charge in [-0.2, -0.15) is 26.9 Å². The number of hydrogen-bond acceptors (Lipinski definition) is 5. The molecule has 0 amide bonds. The van der Waals surface area contributed by atoms with Crippen molar-refractivity contribution in [3.63, 3.8) is 0 Å². The van der Waals surface area contributed by atoms with Crippen molar-refractivity contribution in [1.29, 1.82) is 5.26 Å². The van der Waals surface area contributed by atoms with Gasteiger partial charge in [0.05, 0.1) is 11.1 Å². The number of nitriles is 1. The zero-order valence-electron chi connectivity index (χ0n) is 16.9. The first-order valence-corrected chi connectivity index (χ1v) is 11.6. The molecule has 1 atom stereocenters. The molecule has 1 aliphatic heterocycles. The standard InChI is InChI=1S/C23H18F3NO3S2/c1-15-5-3-4-6-20(15)21(14-27)22-12-9-18(31-22)13-16(2)30-32(28,29)19-10-7-17(8-11-19)23(24,25)26/h3-12,18H,2,13H2,1H3/b22-21+. The number of allylic oxidation sites excluding steroid dienone is 3. The Bertz CT molecular complexity index is 1240. The van der Waals surface area contributed by atoms with E-state index in [1.54, 1.807) is 6.08 Å². The van der Waals surface area contributed by atoms with E-state index in [-0.39, 0.29) is 17.4 Å². The highest BCUT2D eigenvalue weighted by Gasteiger charge is 2.31. The molecule has 1 heterocycles. The van der Waals surface area contributed by atoms with E-state index in [0.717, 1.165) is 28.2 Å². The van der Waals surface area contributed by atoms with Gasteiger partial charge in [0, 0.05) is 16.6 Å². The summed E-state index contributed by atoms with van der Waals surface area (Å²) in [5.41, 5.74) is 1.35. The van der Waals surface area contributed by atoms with E-state index in [9.17, 15) is 26.9 Å². The zero-order valence-corrected chi connectivity index (χ0v) is 18.5. The third kappa shape index (κ3) is 5.44. The monoisotopic (exact) mass is 477 g/mol. The molecule has 3 rings (SSSR count). The van der Waals surface area contributed by atoms with Crippen molar-refractivity contribution >= 4 is 27.5 Å². The summed E-state index contributed by atoms with van der Waals surface area (Å²) in [5, 5.41) is 9.43. The predicted molar refractivity (Wildman–Crippen MR) is 118 cm³/mol. The Balaban J connectivity index is 1.68. The predicted octanol–water partition coefficient (Wildman–Crippen LogP) is 6.23. The van der Waals surface area contributed by atoms with Crippen molar-refractivity contribution in [3.05, 3.63) is 94.6 Å². The Morgan fingerprint density at radius 3 is 2.44 bits per heavy atom. The number of hydrogen-bond donors (Lipinski definition) is 0. The molecule has 0 radical (unpaired) electrons. The third-order valence-electron chi connectivity index (χ3n) is 4.64. The van der Waals surface area contributed by atoms with Gasteiger partial charge in [0.1, 0.15) is 16.7 Å². The topological polar surface area (TPSA) is 67.2 Å². The van der Waals surface area contributed by atoms with Crippen molar-refractivity contribution in [2.45, 2.75) is 29.7 Å². The first kappa shape index (κ1) is 23.7. The maximum Gasteiger partial charge on any atom is 0.416 e. The summed E-state index contributed by atoms with van der Waals surface area (Å²) in [6.45, 7) is 5.55. The van der Waals surface area contributed by atoms with Crippen LogP contribution in [0.25, 0.3) is 5.57 Å². The second-order valence-electron chi connectivity index (χ2n) is 6.98. The normalized spacial score (nSPS) is 17.7. The highest BCUT2D eigenvalue weighted by atomic mass is 32.2. The second-order valence-corrected chi connectivity index (χ2v) is 9.81. The van der Waals surface area contributed by atoms with Crippen LogP contribution in [0.1, 0.15) is 23.1 Å². The minimum absolute atomic E-state index is 0.0531. The minimum atomic E-state index is -4.56. The van der Waals surface area contributed by atoms with E-state index in [2.05, 4.69) is 12.6 Å². The lowest BCUT2D eigenvalue weighted by Crippen LogP contribution is -2.10. The summed E-state index contributed by atoms with van der Waals surface area (Å²) in [5.74, 6) is -0.0531. The molecule has 2 aromatic carbocycles. The van der Waals surface area contributed by atoms with Crippen LogP contribution >= 0.6 is 11.8 Å². The fraction of sp³-hybridized carbons (Fsp3) is 0.174. The maximum absolute atomic E-state index is 12.7. The van der Waals surface area contributed by atoms with Gasteiger partial charge in [0.25, 0.3) is 0 Å². The van der Waals surface area contributed by atoms with E-state index < -0.39 is 26.8 Å². The largest absolute Gasteiger partial charge is 0.416 e. The first-order valence-electron chi connectivity index (χ1n) is 9.36. The van der Waals surface area contributed by atoms with Crippen LogP contribution in [0.4, 0.5) is 13.2 Å². The van der Waals surface area contributed by atoms with Gasteiger partial charge in [-0.05, 0) is 42.3 Å². The van der Waals surface area contributed by atoms with Crippen molar-refractivity contribution in [3.8, 4) is 6.07 Å². The Hall–Kier alpha value is -2.96. The number of benzene rings is 2. The molecule has 0 aromatic heterocycles. The molecule has 9 heteroatoms. The highest BCUT2D eigenvalue weighted by molar-refractivity contribution is 8.04. The van der Waals surface area contributed by atoms with Crippen molar-refractivity contribution in [2.75, 3.05) is 0 Å². The fourth-order valence-electron chi connectivity index (χ4n) is 3.06. The summed E-state index contributed by atoms with van der Waals surface area (Å²) in [6, 6.07) is 12.8. The molecule has 0 saturated carbocycles. The second kappa shape index (κ2) is 9.27. The molecule has 1 aliphatic rings. The van der Waals surface area contributed by atoms with Crippen LogP contribution < -0.4 is 0 Å². The molecular formula is C23H18F3NO3S2.